The molecule has 2 atom stereocenters. The Morgan fingerprint density at radius 3 is 2.72 bits per heavy atom. The van der Waals surface area contributed by atoms with Crippen molar-refractivity contribution < 1.29 is 18.0 Å². The maximum absolute atomic E-state index is 12.9. The van der Waals surface area contributed by atoms with E-state index in [0.717, 1.165) is 22.2 Å². The van der Waals surface area contributed by atoms with E-state index in [1.165, 1.54) is 4.90 Å². The molecule has 0 aliphatic carbocycles. The van der Waals surface area contributed by atoms with Gasteiger partial charge in [-0.15, -0.1) is 0 Å². The van der Waals surface area contributed by atoms with Crippen LogP contribution in [0.1, 0.15) is 17.7 Å². The van der Waals surface area contributed by atoms with Gasteiger partial charge in [-0.05, 0) is 18.1 Å². The number of aromatic amines is 1. The van der Waals surface area contributed by atoms with Crippen molar-refractivity contribution in [3.8, 4) is 0 Å². The zero-order chi connectivity index (χ0) is 17.3. The topological polar surface area (TPSA) is 90.6 Å². The number of carbonyl (C=O) groups excluding carboxylic acids is 2. The van der Waals surface area contributed by atoms with E-state index in [-0.39, 0.29) is 23.4 Å². The van der Waals surface area contributed by atoms with Gasteiger partial charge in [0.1, 0.15) is 6.04 Å². The van der Waals surface area contributed by atoms with Gasteiger partial charge < -0.3 is 9.88 Å². The van der Waals surface area contributed by atoms with E-state index in [1.807, 2.05) is 24.3 Å². The molecular weight excluding hydrogens is 342 g/mol. The average molecular weight is 359 g/mol. The van der Waals surface area contributed by atoms with Gasteiger partial charge >= 0.3 is 6.03 Å². The lowest BCUT2D eigenvalue weighted by molar-refractivity contribution is -0.129. The number of aromatic nitrogens is 1. The first-order chi connectivity index (χ1) is 11.9. The molecule has 2 saturated heterocycles. The third-order valence-electron chi connectivity index (χ3n) is 5.55. The highest BCUT2D eigenvalue weighted by atomic mass is 32.2. The quantitative estimate of drug-likeness (QED) is 0.771. The minimum absolute atomic E-state index is 0.0447. The van der Waals surface area contributed by atoms with Crippen molar-refractivity contribution >= 4 is 32.7 Å². The number of rotatable bonds is 1. The van der Waals surface area contributed by atoms with Gasteiger partial charge in [0, 0.05) is 23.0 Å². The molecule has 0 radical (unpaired) electrons. The molecule has 0 saturated carbocycles. The van der Waals surface area contributed by atoms with Gasteiger partial charge in [-0.25, -0.2) is 13.2 Å². The number of hydrogen-bond acceptors (Lipinski definition) is 4. The van der Waals surface area contributed by atoms with Crippen molar-refractivity contribution in [3.05, 3.63) is 35.5 Å². The van der Waals surface area contributed by atoms with E-state index in [0.29, 0.717) is 19.4 Å². The second kappa shape index (κ2) is 4.85. The van der Waals surface area contributed by atoms with Gasteiger partial charge in [0.25, 0.3) is 5.91 Å². The summed E-state index contributed by atoms with van der Waals surface area (Å²) >= 11 is 0. The zero-order valence-electron chi connectivity index (χ0n) is 13.4. The first-order valence-electron chi connectivity index (χ1n) is 8.37. The largest absolute Gasteiger partial charge is 0.357 e. The van der Waals surface area contributed by atoms with Gasteiger partial charge in [0.15, 0.2) is 9.84 Å². The Morgan fingerprint density at radius 2 is 1.96 bits per heavy atom. The lowest BCUT2D eigenvalue weighted by atomic mass is 9.97. The van der Waals surface area contributed by atoms with E-state index in [4.69, 9.17) is 0 Å². The molecule has 1 aromatic heterocycles. The monoisotopic (exact) mass is 359 g/mol. The average Bonchev–Trinajstić information content (AvgIpc) is 3.19. The van der Waals surface area contributed by atoms with Gasteiger partial charge in [-0.1, -0.05) is 18.2 Å². The third-order valence-corrected chi connectivity index (χ3v) is 7.30. The number of H-pyrrole nitrogens is 1. The lowest BCUT2D eigenvalue weighted by Crippen LogP contribution is -2.41. The fourth-order valence-corrected chi connectivity index (χ4v) is 6.04. The summed E-state index contributed by atoms with van der Waals surface area (Å²) in [6, 6.07) is 6.50. The Kier molecular flexibility index (Phi) is 2.90. The maximum Gasteiger partial charge on any atom is 0.328 e. The normalized spacial score (nSPS) is 27.8. The Morgan fingerprint density at radius 1 is 1.16 bits per heavy atom. The number of urea groups is 1. The first kappa shape index (κ1) is 14.9. The molecule has 1 N–H and O–H groups in total. The highest BCUT2D eigenvalue weighted by molar-refractivity contribution is 7.91. The molecule has 4 heterocycles. The van der Waals surface area contributed by atoms with Gasteiger partial charge in [-0.3, -0.25) is 9.69 Å². The molecule has 1 aromatic carbocycles. The first-order valence-corrected chi connectivity index (χ1v) is 10.2. The predicted molar refractivity (Wildman–Crippen MR) is 90.6 cm³/mol. The van der Waals surface area contributed by atoms with Crippen LogP contribution in [0, 0.1) is 0 Å². The molecule has 2 fully saturated rings. The van der Waals surface area contributed by atoms with Crippen LogP contribution in [0.3, 0.4) is 0 Å². The number of sulfone groups is 1. The van der Waals surface area contributed by atoms with Crippen LogP contribution in [-0.4, -0.2) is 58.7 Å². The standard InChI is InChI=1S/C17H17N3O4S/c21-16-15-7-12-11-3-1-2-4-13(11)18-14(12)8-19(15)17(22)20(16)10-5-6-25(23,24)9-10/h1-4,10,15,18H,5-9H2/t10-,15-/m0/s1. The lowest BCUT2D eigenvalue weighted by Gasteiger charge is -2.27. The fraction of sp³-hybridized carbons (Fsp3) is 0.412. The van der Waals surface area contributed by atoms with Crippen LogP contribution in [0.4, 0.5) is 4.79 Å². The molecule has 3 aliphatic heterocycles. The summed E-state index contributed by atoms with van der Waals surface area (Å²) in [5.74, 6) is -0.328. The molecular formula is C17H17N3O4S. The van der Waals surface area contributed by atoms with Gasteiger partial charge in [-0.2, -0.15) is 0 Å². The summed E-state index contributed by atoms with van der Waals surface area (Å²) in [5.41, 5.74) is 3.05. The summed E-state index contributed by atoms with van der Waals surface area (Å²) in [6.45, 7) is 0.356. The van der Waals surface area contributed by atoms with Crippen molar-refractivity contribution in [3.63, 3.8) is 0 Å². The molecule has 25 heavy (non-hydrogen) atoms. The van der Waals surface area contributed by atoms with E-state index in [2.05, 4.69) is 4.98 Å². The Hall–Kier alpha value is -2.35. The van der Waals surface area contributed by atoms with Crippen LogP contribution < -0.4 is 0 Å². The highest BCUT2D eigenvalue weighted by Crippen LogP contribution is 2.36. The van der Waals surface area contributed by atoms with E-state index >= 15 is 0 Å². The van der Waals surface area contributed by atoms with Crippen LogP contribution in [-0.2, 0) is 27.6 Å². The predicted octanol–water partition coefficient (Wildman–Crippen LogP) is 1.04. The molecule has 3 amide bonds. The second-order valence-corrected chi connectivity index (χ2v) is 9.25. The summed E-state index contributed by atoms with van der Waals surface area (Å²) in [4.78, 5) is 31.8. The van der Waals surface area contributed by atoms with Crippen molar-refractivity contribution in [2.45, 2.75) is 31.5 Å². The third kappa shape index (κ3) is 2.06. The van der Waals surface area contributed by atoms with E-state index in [1.54, 1.807) is 4.90 Å². The van der Waals surface area contributed by atoms with Crippen molar-refractivity contribution in [2.75, 3.05) is 11.5 Å². The van der Waals surface area contributed by atoms with Gasteiger partial charge in [0.05, 0.1) is 24.1 Å². The minimum atomic E-state index is -3.15. The molecule has 5 rings (SSSR count). The number of fused-ring (bicyclic) bond motifs is 4. The van der Waals surface area contributed by atoms with Crippen LogP contribution in [0.5, 0.6) is 0 Å². The number of imide groups is 1. The maximum atomic E-state index is 12.9. The summed E-state index contributed by atoms with van der Waals surface area (Å²) in [5, 5.41) is 1.08. The van der Waals surface area contributed by atoms with E-state index in [9.17, 15) is 18.0 Å². The van der Waals surface area contributed by atoms with Crippen molar-refractivity contribution in [1.82, 2.24) is 14.8 Å². The SMILES string of the molecule is O=C1[C@@H]2Cc3c([nH]c4ccccc34)CN2C(=O)N1[C@H]1CCS(=O)(=O)C1. The molecule has 7 nitrogen and oxygen atoms in total. The van der Waals surface area contributed by atoms with Crippen LogP contribution in [0.2, 0.25) is 0 Å². The highest BCUT2D eigenvalue weighted by Gasteiger charge is 2.52. The number of nitrogens with one attached hydrogen (secondary N) is 1. The smallest absolute Gasteiger partial charge is 0.328 e. The van der Waals surface area contributed by atoms with Gasteiger partial charge in [0.2, 0.25) is 0 Å². The number of para-hydroxylation sites is 1. The Balaban J connectivity index is 1.51. The van der Waals surface area contributed by atoms with Crippen molar-refractivity contribution in [1.29, 1.82) is 0 Å². The number of nitrogens with zero attached hydrogens (tertiary/aromatic N) is 2. The fourth-order valence-electron chi connectivity index (χ4n) is 4.34. The number of hydrogen-bond donors (Lipinski definition) is 1. The van der Waals surface area contributed by atoms with E-state index < -0.39 is 21.9 Å². The molecule has 0 unspecified atom stereocenters. The minimum Gasteiger partial charge on any atom is -0.357 e. The number of amides is 3. The molecule has 8 heteroatoms. The zero-order valence-corrected chi connectivity index (χ0v) is 14.3. The summed E-state index contributed by atoms with van der Waals surface area (Å²) in [6.07, 6.45) is 0.814. The molecule has 3 aliphatic rings. The molecule has 0 bridgehead atoms. The molecule has 0 spiro atoms. The summed E-state index contributed by atoms with van der Waals surface area (Å²) < 4.78 is 23.5. The second-order valence-electron chi connectivity index (χ2n) is 7.02. The number of benzene rings is 1. The van der Waals surface area contributed by atoms with Crippen LogP contribution in [0.25, 0.3) is 10.9 Å². The summed E-state index contributed by atoms with van der Waals surface area (Å²) in [7, 11) is -3.15. The Labute approximate surface area is 144 Å². The Bertz CT molecular complexity index is 1030. The van der Waals surface area contributed by atoms with Crippen LogP contribution >= 0.6 is 0 Å². The molecule has 130 valence electrons. The number of carbonyl (C=O) groups is 2. The van der Waals surface area contributed by atoms with Crippen LogP contribution in [0.15, 0.2) is 24.3 Å². The van der Waals surface area contributed by atoms with Crippen molar-refractivity contribution in [2.24, 2.45) is 0 Å². The molecule has 2 aromatic rings.